The van der Waals surface area contributed by atoms with Gasteiger partial charge in [0.15, 0.2) is 0 Å². The van der Waals surface area contributed by atoms with Crippen molar-refractivity contribution in [2.75, 3.05) is 6.54 Å². The number of carboxylic acid groups (broad SMARTS) is 1. The molecule has 0 fully saturated rings. The van der Waals surface area contributed by atoms with Gasteiger partial charge in [-0.25, -0.2) is 0 Å². The third kappa shape index (κ3) is 4.59. The van der Waals surface area contributed by atoms with Crippen LogP contribution in [0.4, 0.5) is 0 Å². The van der Waals surface area contributed by atoms with Gasteiger partial charge in [-0.2, -0.15) is 0 Å². The van der Waals surface area contributed by atoms with E-state index in [0.717, 1.165) is 16.5 Å². The van der Waals surface area contributed by atoms with E-state index in [-0.39, 0.29) is 12.6 Å². The van der Waals surface area contributed by atoms with E-state index in [9.17, 15) is 4.79 Å². The fourth-order valence-corrected chi connectivity index (χ4v) is 2.48. The summed E-state index contributed by atoms with van der Waals surface area (Å²) in [5.41, 5.74) is 1.04. The van der Waals surface area contributed by atoms with Crippen molar-refractivity contribution in [3.05, 3.63) is 33.3 Å². The van der Waals surface area contributed by atoms with Crippen molar-refractivity contribution in [3.8, 4) is 0 Å². The van der Waals surface area contributed by atoms with Crippen LogP contribution in [0.1, 0.15) is 25.8 Å². The Morgan fingerprint density at radius 3 is 2.72 bits per heavy atom. The van der Waals surface area contributed by atoms with Crippen molar-refractivity contribution in [2.24, 2.45) is 0 Å². The van der Waals surface area contributed by atoms with Gasteiger partial charge < -0.3 is 5.11 Å². The first-order valence-corrected chi connectivity index (χ1v) is 7.01. The lowest BCUT2D eigenvalue weighted by atomic mass is 10.1. The highest BCUT2D eigenvalue weighted by molar-refractivity contribution is 9.10. The quantitative estimate of drug-likeness (QED) is 0.860. The maximum absolute atomic E-state index is 10.9. The molecule has 1 atom stereocenters. The predicted molar refractivity (Wildman–Crippen MR) is 77.0 cm³/mol. The zero-order chi connectivity index (χ0) is 13.7. The molecule has 0 aliphatic carbocycles. The van der Waals surface area contributed by atoms with Gasteiger partial charge in [-0.15, -0.1) is 0 Å². The van der Waals surface area contributed by atoms with Crippen LogP contribution in [0.25, 0.3) is 0 Å². The predicted octanol–water partition coefficient (Wildman–Crippen LogP) is 3.79. The zero-order valence-corrected chi connectivity index (χ0v) is 12.8. The molecule has 18 heavy (non-hydrogen) atoms. The molecule has 0 amide bonds. The molecular weight excluding hydrogens is 318 g/mol. The Morgan fingerprint density at radius 2 is 2.22 bits per heavy atom. The molecule has 0 aliphatic heterocycles. The van der Waals surface area contributed by atoms with E-state index >= 15 is 0 Å². The van der Waals surface area contributed by atoms with Crippen LogP contribution in [-0.4, -0.2) is 28.6 Å². The molecule has 0 saturated heterocycles. The van der Waals surface area contributed by atoms with Crippen LogP contribution in [-0.2, 0) is 11.3 Å². The highest BCUT2D eigenvalue weighted by Gasteiger charge is 2.17. The van der Waals surface area contributed by atoms with Gasteiger partial charge in [0.1, 0.15) is 0 Å². The van der Waals surface area contributed by atoms with Crippen LogP contribution in [0.15, 0.2) is 22.7 Å². The first-order valence-electron chi connectivity index (χ1n) is 5.83. The summed E-state index contributed by atoms with van der Waals surface area (Å²) < 4.78 is 0.911. The molecule has 3 nitrogen and oxygen atoms in total. The van der Waals surface area contributed by atoms with Crippen molar-refractivity contribution < 1.29 is 9.90 Å². The lowest BCUT2D eigenvalue weighted by molar-refractivity contribution is -0.139. The Balaban J connectivity index is 2.85. The summed E-state index contributed by atoms with van der Waals surface area (Å²) in [5.74, 6) is -0.805. The molecule has 0 bridgehead atoms. The maximum Gasteiger partial charge on any atom is 0.317 e. The number of halogens is 2. The first-order chi connectivity index (χ1) is 8.43. The SMILES string of the molecule is CCC(C)N(CC(=O)O)Cc1ccc(Cl)cc1Br. The largest absolute Gasteiger partial charge is 0.480 e. The summed E-state index contributed by atoms with van der Waals surface area (Å²) in [6.07, 6.45) is 0.915. The molecule has 1 rings (SSSR count). The molecule has 100 valence electrons. The zero-order valence-electron chi connectivity index (χ0n) is 10.5. The number of hydrogen-bond donors (Lipinski definition) is 1. The molecule has 1 unspecified atom stereocenters. The molecule has 0 aliphatic rings. The Bertz CT molecular complexity index is 425. The van der Waals surface area contributed by atoms with E-state index < -0.39 is 5.97 Å². The third-order valence-corrected chi connectivity index (χ3v) is 3.91. The summed E-state index contributed by atoms with van der Waals surface area (Å²) in [7, 11) is 0. The van der Waals surface area contributed by atoms with Crippen LogP contribution in [0.2, 0.25) is 5.02 Å². The van der Waals surface area contributed by atoms with Gasteiger partial charge in [0.2, 0.25) is 0 Å². The van der Waals surface area contributed by atoms with E-state index in [1.807, 2.05) is 30.0 Å². The summed E-state index contributed by atoms with van der Waals surface area (Å²) >= 11 is 9.34. The molecule has 1 N–H and O–H groups in total. The number of benzene rings is 1. The molecule has 0 spiro atoms. The van der Waals surface area contributed by atoms with Gasteiger partial charge in [0, 0.05) is 22.1 Å². The Morgan fingerprint density at radius 1 is 1.56 bits per heavy atom. The normalized spacial score (nSPS) is 12.7. The summed E-state index contributed by atoms with van der Waals surface area (Å²) in [4.78, 5) is 12.8. The van der Waals surface area contributed by atoms with Crippen molar-refractivity contribution in [1.82, 2.24) is 4.90 Å². The van der Waals surface area contributed by atoms with Crippen molar-refractivity contribution in [3.63, 3.8) is 0 Å². The fraction of sp³-hybridized carbons (Fsp3) is 0.462. The monoisotopic (exact) mass is 333 g/mol. The van der Waals surface area contributed by atoms with Crippen LogP contribution in [0.3, 0.4) is 0 Å². The van der Waals surface area contributed by atoms with Crippen LogP contribution < -0.4 is 0 Å². The second-order valence-corrected chi connectivity index (χ2v) is 5.58. The van der Waals surface area contributed by atoms with E-state index in [1.165, 1.54) is 0 Å². The summed E-state index contributed by atoms with van der Waals surface area (Å²) in [5, 5.41) is 9.61. The van der Waals surface area contributed by atoms with Gasteiger partial charge >= 0.3 is 5.97 Å². The average Bonchev–Trinajstić information content (AvgIpc) is 2.30. The number of aliphatic carboxylic acids is 1. The van der Waals surface area contributed by atoms with Gasteiger partial charge in [-0.05, 0) is 31.0 Å². The standard InChI is InChI=1S/C13H17BrClNO2/c1-3-9(2)16(8-13(17)18)7-10-4-5-11(15)6-12(10)14/h4-6,9H,3,7-8H2,1-2H3,(H,17,18). The number of carbonyl (C=O) groups is 1. The van der Waals surface area contributed by atoms with E-state index in [0.29, 0.717) is 11.6 Å². The topological polar surface area (TPSA) is 40.5 Å². The van der Waals surface area contributed by atoms with E-state index in [1.54, 1.807) is 0 Å². The van der Waals surface area contributed by atoms with Crippen LogP contribution in [0, 0.1) is 0 Å². The highest BCUT2D eigenvalue weighted by Crippen LogP contribution is 2.23. The van der Waals surface area contributed by atoms with Gasteiger partial charge in [0.05, 0.1) is 6.54 Å². The Kier molecular flexibility index (Phi) is 6.12. The fourth-order valence-electron chi connectivity index (χ4n) is 1.67. The molecule has 0 aromatic heterocycles. The van der Waals surface area contributed by atoms with Crippen LogP contribution >= 0.6 is 27.5 Å². The number of hydrogen-bond acceptors (Lipinski definition) is 2. The lowest BCUT2D eigenvalue weighted by Gasteiger charge is -2.27. The summed E-state index contributed by atoms with van der Waals surface area (Å²) in [6.45, 7) is 4.73. The summed E-state index contributed by atoms with van der Waals surface area (Å²) in [6, 6.07) is 5.79. The second-order valence-electron chi connectivity index (χ2n) is 4.29. The number of nitrogens with zero attached hydrogens (tertiary/aromatic N) is 1. The maximum atomic E-state index is 10.9. The molecule has 0 heterocycles. The number of rotatable bonds is 6. The van der Waals surface area contributed by atoms with Crippen molar-refractivity contribution in [2.45, 2.75) is 32.9 Å². The minimum Gasteiger partial charge on any atom is -0.480 e. The molecule has 0 saturated carbocycles. The molecule has 5 heteroatoms. The van der Waals surface area contributed by atoms with E-state index in [4.69, 9.17) is 16.7 Å². The lowest BCUT2D eigenvalue weighted by Crippen LogP contribution is -2.36. The van der Waals surface area contributed by atoms with E-state index in [2.05, 4.69) is 22.9 Å². The average molecular weight is 335 g/mol. The molecule has 1 aromatic rings. The minimum atomic E-state index is -0.805. The first kappa shape index (κ1) is 15.5. The highest BCUT2D eigenvalue weighted by atomic mass is 79.9. The van der Waals surface area contributed by atoms with Crippen molar-refractivity contribution in [1.29, 1.82) is 0 Å². The molecule has 0 radical (unpaired) electrons. The molecule has 1 aromatic carbocycles. The molecular formula is C13H17BrClNO2. The number of carboxylic acids is 1. The van der Waals surface area contributed by atoms with Crippen molar-refractivity contribution >= 4 is 33.5 Å². The minimum absolute atomic E-state index is 0.0457. The Hall–Kier alpha value is -0.580. The van der Waals surface area contributed by atoms with Gasteiger partial charge in [-0.1, -0.05) is 40.5 Å². The third-order valence-electron chi connectivity index (χ3n) is 2.94. The van der Waals surface area contributed by atoms with Gasteiger partial charge in [0.25, 0.3) is 0 Å². The smallest absolute Gasteiger partial charge is 0.317 e. The second kappa shape index (κ2) is 7.12. The Labute approximate surface area is 121 Å². The van der Waals surface area contributed by atoms with Gasteiger partial charge in [-0.3, -0.25) is 9.69 Å². The van der Waals surface area contributed by atoms with Crippen LogP contribution in [0.5, 0.6) is 0 Å².